The third-order valence-electron chi connectivity index (χ3n) is 2.44. The number of aryl methyl sites for hydroxylation is 1. The lowest BCUT2D eigenvalue weighted by molar-refractivity contribution is -0.384. The summed E-state index contributed by atoms with van der Waals surface area (Å²) < 4.78 is 0. The summed E-state index contributed by atoms with van der Waals surface area (Å²) >= 11 is 0. The zero-order chi connectivity index (χ0) is 14.6. The SMILES string of the molecule is Cc1ccc([N+](=O)[O-])cc1NC(CC(=O)O)C(=O)O. The van der Waals surface area contributed by atoms with E-state index in [4.69, 9.17) is 10.2 Å². The Balaban J connectivity index is 3.01. The molecular weight excluding hydrogens is 256 g/mol. The van der Waals surface area contributed by atoms with Crippen molar-refractivity contribution in [3.63, 3.8) is 0 Å². The number of carboxylic acid groups (broad SMARTS) is 2. The second kappa shape index (κ2) is 5.80. The number of benzene rings is 1. The summed E-state index contributed by atoms with van der Waals surface area (Å²) in [6.07, 6.45) is -0.628. The Morgan fingerprint density at radius 1 is 1.42 bits per heavy atom. The average molecular weight is 268 g/mol. The quantitative estimate of drug-likeness (QED) is 0.522. The average Bonchev–Trinajstić information content (AvgIpc) is 2.29. The Labute approximate surface area is 107 Å². The monoisotopic (exact) mass is 268 g/mol. The first-order chi connectivity index (χ1) is 8.81. The molecule has 8 nitrogen and oxygen atoms in total. The van der Waals surface area contributed by atoms with Crippen molar-refractivity contribution in [2.45, 2.75) is 19.4 Å². The Morgan fingerprint density at radius 3 is 2.53 bits per heavy atom. The minimum Gasteiger partial charge on any atom is -0.481 e. The van der Waals surface area contributed by atoms with Gasteiger partial charge in [-0.2, -0.15) is 0 Å². The third kappa shape index (κ3) is 3.95. The highest BCUT2D eigenvalue weighted by Gasteiger charge is 2.22. The van der Waals surface area contributed by atoms with Gasteiger partial charge in [0, 0.05) is 17.8 Å². The molecule has 19 heavy (non-hydrogen) atoms. The number of nitro groups is 1. The van der Waals surface area contributed by atoms with Crippen molar-refractivity contribution >= 4 is 23.3 Å². The van der Waals surface area contributed by atoms with E-state index in [1.165, 1.54) is 18.2 Å². The second-order valence-electron chi connectivity index (χ2n) is 3.89. The maximum Gasteiger partial charge on any atom is 0.326 e. The number of hydrogen-bond acceptors (Lipinski definition) is 5. The number of carbonyl (C=O) groups is 2. The molecule has 0 spiro atoms. The minimum atomic E-state index is -1.35. The highest BCUT2D eigenvalue weighted by atomic mass is 16.6. The Morgan fingerprint density at radius 2 is 2.05 bits per heavy atom. The fraction of sp³-hybridized carbons (Fsp3) is 0.273. The van der Waals surface area contributed by atoms with Crippen molar-refractivity contribution in [1.29, 1.82) is 0 Å². The van der Waals surface area contributed by atoms with Crippen LogP contribution in [0, 0.1) is 17.0 Å². The molecule has 0 saturated heterocycles. The largest absolute Gasteiger partial charge is 0.481 e. The topological polar surface area (TPSA) is 130 Å². The van der Waals surface area contributed by atoms with Crippen molar-refractivity contribution in [3.8, 4) is 0 Å². The molecule has 0 aliphatic carbocycles. The van der Waals surface area contributed by atoms with E-state index in [1.54, 1.807) is 6.92 Å². The molecule has 0 amide bonds. The first kappa shape index (κ1) is 14.4. The number of nitrogens with one attached hydrogen (secondary N) is 1. The molecule has 0 aromatic heterocycles. The van der Waals surface area contributed by atoms with E-state index in [0.29, 0.717) is 5.56 Å². The Bertz CT molecular complexity index is 528. The van der Waals surface area contributed by atoms with Gasteiger partial charge in [-0.05, 0) is 12.5 Å². The summed E-state index contributed by atoms with van der Waals surface area (Å²) in [5.74, 6) is -2.61. The van der Waals surface area contributed by atoms with Gasteiger partial charge in [0.25, 0.3) is 5.69 Å². The number of hydrogen-bond donors (Lipinski definition) is 3. The molecule has 1 atom stereocenters. The highest BCUT2D eigenvalue weighted by molar-refractivity contribution is 5.83. The Kier molecular flexibility index (Phi) is 4.41. The fourth-order valence-electron chi connectivity index (χ4n) is 1.44. The predicted octanol–water partition coefficient (Wildman–Crippen LogP) is 1.24. The van der Waals surface area contributed by atoms with Crippen molar-refractivity contribution in [2.24, 2.45) is 0 Å². The van der Waals surface area contributed by atoms with Gasteiger partial charge in [0.2, 0.25) is 0 Å². The van der Waals surface area contributed by atoms with Gasteiger partial charge in [-0.25, -0.2) is 4.79 Å². The van der Waals surface area contributed by atoms with Crippen LogP contribution in [-0.2, 0) is 9.59 Å². The second-order valence-corrected chi connectivity index (χ2v) is 3.89. The summed E-state index contributed by atoms with van der Waals surface area (Å²) in [5, 5.41) is 30.6. The molecule has 3 N–H and O–H groups in total. The van der Waals surface area contributed by atoms with Crippen LogP contribution in [0.15, 0.2) is 18.2 Å². The molecule has 1 aromatic rings. The van der Waals surface area contributed by atoms with Crippen molar-refractivity contribution < 1.29 is 24.7 Å². The maximum absolute atomic E-state index is 10.9. The van der Waals surface area contributed by atoms with Gasteiger partial charge in [0.05, 0.1) is 11.3 Å². The van der Waals surface area contributed by atoms with Crippen LogP contribution >= 0.6 is 0 Å². The first-order valence-electron chi connectivity index (χ1n) is 5.27. The molecule has 1 unspecified atom stereocenters. The maximum atomic E-state index is 10.9. The predicted molar refractivity (Wildman–Crippen MR) is 65.1 cm³/mol. The van der Waals surface area contributed by atoms with Crippen LogP contribution in [0.25, 0.3) is 0 Å². The standard InChI is InChI=1S/C11H12N2O6/c1-6-2-3-7(13(18)19)4-8(6)12-9(11(16)17)5-10(14)15/h2-4,9,12H,5H2,1H3,(H,14,15)(H,16,17). The summed E-state index contributed by atoms with van der Waals surface area (Å²) in [7, 11) is 0. The van der Waals surface area contributed by atoms with E-state index in [9.17, 15) is 19.7 Å². The number of non-ortho nitro benzene ring substituents is 1. The molecule has 102 valence electrons. The summed E-state index contributed by atoms with van der Waals surface area (Å²) in [5.41, 5.74) is 0.609. The van der Waals surface area contributed by atoms with E-state index in [1.807, 2.05) is 0 Å². The molecule has 1 rings (SSSR count). The van der Waals surface area contributed by atoms with Crippen LogP contribution in [0.4, 0.5) is 11.4 Å². The summed E-state index contributed by atoms with van der Waals surface area (Å²) in [4.78, 5) is 31.5. The van der Waals surface area contributed by atoms with Crippen LogP contribution in [0.5, 0.6) is 0 Å². The molecule has 0 radical (unpaired) electrons. The van der Waals surface area contributed by atoms with E-state index >= 15 is 0 Å². The van der Waals surface area contributed by atoms with Gasteiger partial charge in [-0.1, -0.05) is 6.07 Å². The van der Waals surface area contributed by atoms with E-state index < -0.39 is 29.3 Å². The third-order valence-corrected chi connectivity index (χ3v) is 2.44. The number of nitrogens with zero attached hydrogens (tertiary/aromatic N) is 1. The van der Waals surface area contributed by atoms with E-state index in [0.717, 1.165) is 0 Å². The van der Waals surface area contributed by atoms with Gasteiger partial charge in [-0.15, -0.1) is 0 Å². The van der Waals surface area contributed by atoms with Crippen molar-refractivity contribution in [1.82, 2.24) is 0 Å². The normalized spacial score (nSPS) is 11.6. The van der Waals surface area contributed by atoms with Crippen LogP contribution in [-0.4, -0.2) is 33.1 Å². The number of aliphatic carboxylic acids is 2. The van der Waals surface area contributed by atoms with Gasteiger partial charge >= 0.3 is 11.9 Å². The molecule has 8 heteroatoms. The summed E-state index contributed by atoms with van der Waals surface area (Å²) in [6, 6.07) is 2.57. The first-order valence-corrected chi connectivity index (χ1v) is 5.27. The van der Waals surface area contributed by atoms with Gasteiger partial charge in [0.15, 0.2) is 0 Å². The lowest BCUT2D eigenvalue weighted by Gasteiger charge is -2.15. The van der Waals surface area contributed by atoms with Gasteiger partial charge < -0.3 is 15.5 Å². The smallest absolute Gasteiger partial charge is 0.326 e. The molecule has 0 bridgehead atoms. The zero-order valence-electron chi connectivity index (χ0n) is 9.99. The van der Waals surface area contributed by atoms with Crippen LogP contribution in [0.1, 0.15) is 12.0 Å². The molecule has 1 aromatic carbocycles. The van der Waals surface area contributed by atoms with Gasteiger partial charge in [0.1, 0.15) is 6.04 Å². The minimum absolute atomic E-state index is 0.201. The number of anilines is 1. The van der Waals surface area contributed by atoms with E-state index in [-0.39, 0.29) is 11.4 Å². The summed E-state index contributed by atoms with van der Waals surface area (Å²) in [6.45, 7) is 1.63. The fourth-order valence-corrected chi connectivity index (χ4v) is 1.44. The molecular formula is C11H12N2O6. The lowest BCUT2D eigenvalue weighted by atomic mass is 10.1. The number of nitro benzene ring substituents is 1. The molecule has 0 aliphatic heterocycles. The molecule has 0 heterocycles. The van der Waals surface area contributed by atoms with Crippen LogP contribution in [0.2, 0.25) is 0 Å². The molecule has 0 fully saturated rings. The number of rotatable bonds is 6. The number of carboxylic acids is 2. The van der Waals surface area contributed by atoms with E-state index in [2.05, 4.69) is 5.32 Å². The van der Waals surface area contributed by atoms with Crippen LogP contribution in [0.3, 0.4) is 0 Å². The van der Waals surface area contributed by atoms with Gasteiger partial charge in [-0.3, -0.25) is 14.9 Å². The Hall–Kier alpha value is -2.64. The molecule has 0 saturated carbocycles. The molecule has 0 aliphatic rings. The highest BCUT2D eigenvalue weighted by Crippen LogP contribution is 2.23. The lowest BCUT2D eigenvalue weighted by Crippen LogP contribution is -2.32. The van der Waals surface area contributed by atoms with Crippen molar-refractivity contribution in [3.05, 3.63) is 33.9 Å². The zero-order valence-corrected chi connectivity index (χ0v) is 9.99. The van der Waals surface area contributed by atoms with Crippen LogP contribution < -0.4 is 5.32 Å². The van der Waals surface area contributed by atoms with Crippen molar-refractivity contribution in [2.75, 3.05) is 5.32 Å².